The number of halogens is 3. The van der Waals surface area contributed by atoms with E-state index >= 15 is 0 Å². The molecule has 2 heterocycles. The lowest BCUT2D eigenvalue weighted by molar-refractivity contribution is 0.151. The topological polar surface area (TPSA) is 28.5 Å². The number of pyridine rings is 1. The fourth-order valence-electron chi connectivity index (χ4n) is 1.79. The minimum Gasteiger partial charge on any atom is -0.345 e. The molecule has 1 aliphatic heterocycles. The molecular weight excluding hydrogens is 263 g/mol. The maximum Gasteiger partial charge on any atom is 0.267 e. The highest BCUT2D eigenvalue weighted by molar-refractivity contribution is 7.94. The summed E-state index contributed by atoms with van der Waals surface area (Å²) in [5.74, 6) is 0.220. The van der Waals surface area contributed by atoms with Crippen LogP contribution in [0.5, 0.6) is 0 Å². The Bertz CT molecular complexity index is 457. The number of rotatable bonds is 4. The van der Waals surface area contributed by atoms with Crippen LogP contribution in [0.2, 0.25) is 0 Å². The molecule has 2 rings (SSSR count). The smallest absolute Gasteiger partial charge is 0.267 e. The third-order valence-electron chi connectivity index (χ3n) is 2.62. The van der Waals surface area contributed by atoms with Crippen molar-refractivity contribution in [1.29, 1.82) is 0 Å². The molecule has 1 aromatic heterocycles. The van der Waals surface area contributed by atoms with Gasteiger partial charge in [-0.25, -0.2) is 13.8 Å². The third kappa shape index (κ3) is 2.60. The SMILES string of the molecule is CCN=C1CN(c2ncc(SF)cc2C(F)F)C1. The van der Waals surface area contributed by atoms with E-state index in [0.717, 1.165) is 11.8 Å². The molecule has 18 heavy (non-hydrogen) atoms. The van der Waals surface area contributed by atoms with Crippen molar-refractivity contribution >= 4 is 23.7 Å². The minimum atomic E-state index is -2.66. The minimum absolute atomic E-state index is 0.0830. The number of aliphatic imine (C=N–C) groups is 1. The second kappa shape index (κ2) is 5.60. The van der Waals surface area contributed by atoms with Crippen molar-refractivity contribution in [3.8, 4) is 0 Å². The van der Waals surface area contributed by atoms with Gasteiger partial charge in [-0.15, -0.1) is 0 Å². The molecule has 1 saturated heterocycles. The number of aromatic nitrogens is 1. The first-order valence-corrected chi connectivity index (χ1v) is 6.21. The highest BCUT2D eigenvalue weighted by atomic mass is 32.2. The Morgan fingerprint density at radius 3 is 2.78 bits per heavy atom. The van der Waals surface area contributed by atoms with Gasteiger partial charge in [-0.2, -0.15) is 3.89 Å². The first-order valence-electron chi connectivity index (χ1n) is 5.49. The van der Waals surface area contributed by atoms with Crippen molar-refractivity contribution in [3.05, 3.63) is 17.8 Å². The zero-order valence-electron chi connectivity index (χ0n) is 9.74. The molecular formula is C11H12F3N3S. The summed E-state index contributed by atoms with van der Waals surface area (Å²) in [6.45, 7) is 3.65. The van der Waals surface area contributed by atoms with E-state index in [1.165, 1.54) is 6.20 Å². The number of alkyl halides is 2. The van der Waals surface area contributed by atoms with Crippen LogP contribution in [-0.4, -0.2) is 30.3 Å². The zero-order valence-corrected chi connectivity index (χ0v) is 10.6. The van der Waals surface area contributed by atoms with E-state index in [1.807, 2.05) is 6.92 Å². The van der Waals surface area contributed by atoms with Gasteiger partial charge in [-0.05, 0) is 13.0 Å². The van der Waals surface area contributed by atoms with Crippen molar-refractivity contribution in [1.82, 2.24) is 4.98 Å². The van der Waals surface area contributed by atoms with E-state index in [9.17, 15) is 12.7 Å². The highest BCUT2D eigenvalue weighted by Crippen LogP contribution is 2.33. The van der Waals surface area contributed by atoms with E-state index in [1.54, 1.807) is 4.90 Å². The van der Waals surface area contributed by atoms with Crippen molar-refractivity contribution in [2.75, 3.05) is 24.5 Å². The largest absolute Gasteiger partial charge is 0.345 e. The molecule has 0 spiro atoms. The number of hydrogen-bond donors (Lipinski definition) is 0. The van der Waals surface area contributed by atoms with Crippen LogP contribution in [0.15, 0.2) is 22.2 Å². The maximum atomic E-state index is 12.9. The maximum absolute atomic E-state index is 12.9. The van der Waals surface area contributed by atoms with E-state index in [4.69, 9.17) is 0 Å². The number of nitrogens with zero attached hydrogens (tertiary/aromatic N) is 3. The van der Waals surface area contributed by atoms with Gasteiger partial charge in [0.2, 0.25) is 0 Å². The number of anilines is 1. The Kier molecular flexibility index (Phi) is 4.11. The lowest BCUT2D eigenvalue weighted by atomic mass is 10.1. The monoisotopic (exact) mass is 275 g/mol. The summed E-state index contributed by atoms with van der Waals surface area (Å²) in [6, 6.07) is 1.15. The Morgan fingerprint density at radius 2 is 2.22 bits per heavy atom. The molecule has 0 aromatic carbocycles. The van der Waals surface area contributed by atoms with Crippen molar-refractivity contribution in [2.45, 2.75) is 18.2 Å². The van der Waals surface area contributed by atoms with Crippen LogP contribution in [0, 0.1) is 0 Å². The molecule has 0 saturated carbocycles. The van der Waals surface area contributed by atoms with E-state index in [2.05, 4.69) is 9.98 Å². The van der Waals surface area contributed by atoms with Crippen LogP contribution in [0.3, 0.4) is 0 Å². The summed E-state index contributed by atoms with van der Waals surface area (Å²) < 4.78 is 38.1. The second-order valence-electron chi connectivity index (χ2n) is 3.86. The highest BCUT2D eigenvalue weighted by Gasteiger charge is 2.27. The lowest BCUT2D eigenvalue weighted by Crippen LogP contribution is -2.48. The summed E-state index contributed by atoms with van der Waals surface area (Å²) in [5.41, 5.74) is 0.747. The average molecular weight is 275 g/mol. The molecule has 0 unspecified atom stereocenters. The molecule has 0 aliphatic carbocycles. The van der Waals surface area contributed by atoms with Gasteiger partial charge in [0.05, 0.1) is 41.4 Å². The quantitative estimate of drug-likeness (QED) is 0.844. The molecule has 3 nitrogen and oxygen atoms in total. The summed E-state index contributed by atoms with van der Waals surface area (Å²) in [6.07, 6.45) is -1.40. The van der Waals surface area contributed by atoms with Crippen molar-refractivity contribution < 1.29 is 12.7 Å². The summed E-state index contributed by atoms with van der Waals surface area (Å²) in [7, 11) is 0. The molecule has 0 radical (unpaired) electrons. The van der Waals surface area contributed by atoms with Crippen LogP contribution in [-0.2, 0) is 0 Å². The van der Waals surface area contributed by atoms with Gasteiger partial charge in [0.15, 0.2) is 0 Å². The molecule has 98 valence electrons. The van der Waals surface area contributed by atoms with Crippen LogP contribution in [0.4, 0.5) is 18.5 Å². The Balaban J connectivity index is 2.21. The molecule has 7 heteroatoms. The van der Waals surface area contributed by atoms with Crippen LogP contribution in [0.1, 0.15) is 18.9 Å². The molecule has 1 aromatic rings. The predicted octanol–water partition coefficient (Wildman–Crippen LogP) is 3.28. The molecule has 0 bridgehead atoms. The van der Waals surface area contributed by atoms with Gasteiger partial charge < -0.3 is 4.90 Å². The molecule has 0 amide bonds. The van der Waals surface area contributed by atoms with Crippen LogP contribution < -0.4 is 4.90 Å². The fourth-order valence-corrected chi connectivity index (χ4v) is 2.05. The van der Waals surface area contributed by atoms with Gasteiger partial charge in [-0.3, -0.25) is 4.99 Å². The summed E-state index contributed by atoms with van der Waals surface area (Å²) >= 11 is -0.0830. The second-order valence-corrected chi connectivity index (χ2v) is 4.48. The molecule has 1 aliphatic rings. The summed E-state index contributed by atoms with van der Waals surface area (Å²) in [4.78, 5) is 9.93. The number of hydrogen-bond acceptors (Lipinski definition) is 4. The Hall–Kier alpha value is -1.24. The van der Waals surface area contributed by atoms with E-state index < -0.39 is 6.43 Å². The lowest BCUT2D eigenvalue weighted by Gasteiger charge is -2.35. The van der Waals surface area contributed by atoms with Gasteiger partial charge in [0.25, 0.3) is 6.43 Å². The Morgan fingerprint density at radius 1 is 1.50 bits per heavy atom. The van der Waals surface area contributed by atoms with Crippen LogP contribution >= 0.6 is 12.1 Å². The normalized spacial score (nSPS) is 14.9. The Labute approximate surface area is 107 Å². The van der Waals surface area contributed by atoms with Crippen LogP contribution in [0.25, 0.3) is 0 Å². The first-order chi connectivity index (χ1) is 8.65. The van der Waals surface area contributed by atoms with Gasteiger partial charge in [0.1, 0.15) is 5.82 Å². The first kappa shape index (κ1) is 13.2. The third-order valence-corrected chi connectivity index (χ3v) is 3.02. The fraction of sp³-hybridized carbons (Fsp3) is 0.455. The van der Waals surface area contributed by atoms with Crippen molar-refractivity contribution in [2.24, 2.45) is 4.99 Å². The zero-order chi connectivity index (χ0) is 13.1. The standard InChI is InChI=1S/C11H12F3N3S/c1-2-15-7-5-17(6-7)11-9(10(12)13)3-8(18-14)4-16-11/h3-4,10H,2,5-6H2,1H3. The average Bonchev–Trinajstić information content (AvgIpc) is 2.32. The van der Waals surface area contributed by atoms with Crippen molar-refractivity contribution in [3.63, 3.8) is 0 Å². The van der Waals surface area contributed by atoms with E-state index in [0.29, 0.717) is 19.6 Å². The van der Waals surface area contributed by atoms with Gasteiger partial charge >= 0.3 is 0 Å². The van der Waals surface area contributed by atoms with Gasteiger partial charge in [0, 0.05) is 12.7 Å². The molecule has 1 fully saturated rings. The molecule has 0 N–H and O–H groups in total. The molecule has 0 atom stereocenters. The summed E-state index contributed by atoms with van der Waals surface area (Å²) in [5, 5.41) is 0. The van der Waals surface area contributed by atoms with Gasteiger partial charge in [-0.1, -0.05) is 0 Å². The predicted molar refractivity (Wildman–Crippen MR) is 66.3 cm³/mol. The van der Waals surface area contributed by atoms with E-state index in [-0.39, 0.29) is 28.4 Å².